The first-order valence-corrected chi connectivity index (χ1v) is 7.14. The van der Waals surface area contributed by atoms with Gasteiger partial charge < -0.3 is 10.1 Å². The lowest BCUT2D eigenvalue weighted by Gasteiger charge is -2.22. The van der Waals surface area contributed by atoms with Crippen LogP contribution >= 0.6 is 0 Å². The molecule has 0 aromatic carbocycles. The fourth-order valence-electron chi connectivity index (χ4n) is 2.50. The lowest BCUT2D eigenvalue weighted by atomic mass is 9.96. The largest absolute Gasteiger partial charge is 0.380 e. The Labute approximate surface area is 101 Å². The minimum atomic E-state index is 0.722. The molecular weight excluding hydrogens is 198 g/mol. The third kappa shape index (κ3) is 6.49. The number of hydrogen-bond donors (Lipinski definition) is 1. The quantitative estimate of drug-likeness (QED) is 0.642. The second kappa shape index (κ2) is 9.00. The van der Waals surface area contributed by atoms with Crippen LogP contribution in [0.15, 0.2) is 0 Å². The van der Waals surface area contributed by atoms with Crippen molar-refractivity contribution in [2.75, 3.05) is 19.8 Å². The zero-order valence-electron chi connectivity index (χ0n) is 11.1. The molecule has 0 heterocycles. The van der Waals surface area contributed by atoms with E-state index in [4.69, 9.17) is 4.74 Å². The van der Waals surface area contributed by atoms with Crippen LogP contribution in [0.1, 0.15) is 58.8 Å². The Hall–Kier alpha value is -0.0800. The Morgan fingerprint density at radius 3 is 2.69 bits per heavy atom. The average molecular weight is 227 g/mol. The number of rotatable bonds is 8. The van der Waals surface area contributed by atoms with E-state index in [0.29, 0.717) is 0 Å². The molecule has 1 saturated carbocycles. The summed E-state index contributed by atoms with van der Waals surface area (Å²) in [4.78, 5) is 0. The van der Waals surface area contributed by atoms with Gasteiger partial charge in [-0.25, -0.2) is 0 Å². The van der Waals surface area contributed by atoms with Crippen LogP contribution in [0.3, 0.4) is 0 Å². The van der Waals surface area contributed by atoms with Crippen LogP contribution in [-0.2, 0) is 4.74 Å². The molecule has 0 amide bonds. The summed E-state index contributed by atoms with van der Waals surface area (Å²) >= 11 is 0. The van der Waals surface area contributed by atoms with Gasteiger partial charge in [0, 0.05) is 19.2 Å². The topological polar surface area (TPSA) is 21.3 Å². The highest BCUT2D eigenvalue weighted by atomic mass is 16.5. The number of ether oxygens (including phenoxy) is 1. The highest BCUT2D eigenvalue weighted by molar-refractivity contribution is 4.71. The number of hydrogen-bond acceptors (Lipinski definition) is 2. The molecule has 0 bridgehead atoms. The van der Waals surface area contributed by atoms with Crippen LogP contribution in [0.25, 0.3) is 0 Å². The molecule has 1 rings (SSSR count). The standard InChI is InChI=1S/C14H29NO/c1-3-7-13(2)12-16-11-10-15-14-8-5-4-6-9-14/h13-15H,3-12H2,1-2H3. The monoisotopic (exact) mass is 227 g/mol. The maximum absolute atomic E-state index is 5.68. The molecular formula is C14H29NO. The molecule has 96 valence electrons. The van der Waals surface area contributed by atoms with E-state index in [1.54, 1.807) is 0 Å². The van der Waals surface area contributed by atoms with Gasteiger partial charge in [0.2, 0.25) is 0 Å². The molecule has 1 aliphatic rings. The molecule has 1 atom stereocenters. The van der Waals surface area contributed by atoms with Crippen molar-refractivity contribution in [2.24, 2.45) is 5.92 Å². The molecule has 0 spiro atoms. The highest BCUT2D eigenvalue weighted by Crippen LogP contribution is 2.16. The summed E-state index contributed by atoms with van der Waals surface area (Å²) in [5, 5.41) is 3.60. The molecule has 0 saturated heterocycles. The summed E-state index contributed by atoms with van der Waals surface area (Å²) in [5.74, 6) is 0.722. The molecule has 0 radical (unpaired) electrons. The first kappa shape index (κ1) is 14.0. The Morgan fingerprint density at radius 2 is 2.00 bits per heavy atom. The van der Waals surface area contributed by atoms with Crippen LogP contribution in [0.2, 0.25) is 0 Å². The normalized spacial score (nSPS) is 19.9. The summed E-state index contributed by atoms with van der Waals surface area (Å²) < 4.78 is 5.68. The molecule has 16 heavy (non-hydrogen) atoms. The summed E-state index contributed by atoms with van der Waals surface area (Å²) in [7, 11) is 0. The second-order valence-corrected chi connectivity index (χ2v) is 5.26. The van der Waals surface area contributed by atoms with Crippen molar-refractivity contribution in [1.82, 2.24) is 5.32 Å². The van der Waals surface area contributed by atoms with Crippen LogP contribution in [0.4, 0.5) is 0 Å². The zero-order chi connectivity index (χ0) is 11.6. The first-order valence-electron chi connectivity index (χ1n) is 7.14. The summed E-state index contributed by atoms with van der Waals surface area (Å²) in [6.07, 6.45) is 9.54. The van der Waals surface area contributed by atoms with Crippen molar-refractivity contribution in [3.63, 3.8) is 0 Å². The van der Waals surface area contributed by atoms with Crippen LogP contribution in [0.5, 0.6) is 0 Å². The smallest absolute Gasteiger partial charge is 0.0591 e. The Bertz CT molecular complexity index is 155. The van der Waals surface area contributed by atoms with Crippen molar-refractivity contribution in [3.05, 3.63) is 0 Å². The Kier molecular flexibility index (Phi) is 7.87. The van der Waals surface area contributed by atoms with Gasteiger partial charge in [-0.05, 0) is 25.2 Å². The lowest BCUT2D eigenvalue weighted by Crippen LogP contribution is -2.33. The fourth-order valence-corrected chi connectivity index (χ4v) is 2.50. The molecule has 0 aromatic rings. The van der Waals surface area contributed by atoms with Gasteiger partial charge in [0.1, 0.15) is 0 Å². The SMILES string of the molecule is CCCC(C)COCCNC1CCCCC1. The average Bonchev–Trinajstić information content (AvgIpc) is 2.30. The van der Waals surface area contributed by atoms with E-state index in [1.165, 1.54) is 44.9 Å². The Morgan fingerprint density at radius 1 is 1.25 bits per heavy atom. The van der Waals surface area contributed by atoms with E-state index in [-0.39, 0.29) is 0 Å². The molecule has 2 heteroatoms. The summed E-state index contributed by atoms with van der Waals surface area (Å²) in [6.45, 7) is 7.35. The molecule has 2 nitrogen and oxygen atoms in total. The molecule has 1 unspecified atom stereocenters. The lowest BCUT2D eigenvalue weighted by molar-refractivity contribution is 0.101. The zero-order valence-corrected chi connectivity index (χ0v) is 11.1. The van der Waals surface area contributed by atoms with E-state index < -0.39 is 0 Å². The predicted octanol–water partition coefficient (Wildman–Crippen LogP) is 3.36. The van der Waals surface area contributed by atoms with E-state index in [2.05, 4.69) is 19.2 Å². The van der Waals surface area contributed by atoms with Crippen LogP contribution in [-0.4, -0.2) is 25.8 Å². The van der Waals surface area contributed by atoms with E-state index in [0.717, 1.165) is 31.7 Å². The minimum absolute atomic E-state index is 0.722. The molecule has 0 aliphatic heterocycles. The van der Waals surface area contributed by atoms with E-state index in [1.807, 2.05) is 0 Å². The maximum Gasteiger partial charge on any atom is 0.0591 e. The fraction of sp³-hybridized carbons (Fsp3) is 1.00. The van der Waals surface area contributed by atoms with Crippen LogP contribution < -0.4 is 5.32 Å². The highest BCUT2D eigenvalue weighted by Gasteiger charge is 2.11. The Balaban J connectivity index is 1.87. The molecule has 0 aromatic heterocycles. The van der Waals surface area contributed by atoms with Gasteiger partial charge in [0.05, 0.1) is 6.61 Å². The van der Waals surface area contributed by atoms with Crippen molar-refractivity contribution in [3.8, 4) is 0 Å². The van der Waals surface area contributed by atoms with Crippen molar-refractivity contribution in [1.29, 1.82) is 0 Å². The van der Waals surface area contributed by atoms with E-state index >= 15 is 0 Å². The maximum atomic E-state index is 5.68. The van der Waals surface area contributed by atoms with Crippen molar-refractivity contribution < 1.29 is 4.74 Å². The minimum Gasteiger partial charge on any atom is -0.380 e. The molecule has 1 fully saturated rings. The van der Waals surface area contributed by atoms with Gasteiger partial charge in [-0.2, -0.15) is 0 Å². The third-order valence-electron chi connectivity index (χ3n) is 3.47. The van der Waals surface area contributed by atoms with Gasteiger partial charge in [0.15, 0.2) is 0 Å². The van der Waals surface area contributed by atoms with Crippen molar-refractivity contribution >= 4 is 0 Å². The van der Waals surface area contributed by atoms with E-state index in [9.17, 15) is 0 Å². The summed E-state index contributed by atoms with van der Waals surface area (Å²) in [5.41, 5.74) is 0. The van der Waals surface area contributed by atoms with Gasteiger partial charge in [-0.15, -0.1) is 0 Å². The van der Waals surface area contributed by atoms with Gasteiger partial charge in [-0.3, -0.25) is 0 Å². The predicted molar refractivity (Wildman–Crippen MR) is 69.8 cm³/mol. The molecule has 1 N–H and O–H groups in total. The van der Waals surface area contributed by atoms with Crippen molar-refractivity contribution in [2.45, 2.75) is 64.8 Å². The van der Waals surface area contributed by atoms with Gasteiger partial charge >= 0.3 is 0 Å². The molecule has 1 aliphatic carbocycles. The van der Waals surface area contributed by atoms with Gasteiger partial charge in [-0.1, -0.05) is 39.5 Å². The second-order valence-electron chi connectivity index (χ2n) is 5.26. The first-order chi connectivity index (χ1) is 7.83. The third-order valence-corrected chi connectivity index (χ3v) is 3.47. The number of nitrogens with one attached hydrogen (secondary N) is 1. The van der Waals surface area contributed by atoms with Crippen LogP contribution in [0, 0.1) is 5.92 Å². The summed E-state index contributed by atoms with van der Waals surface area (Å²) in [6, 6.07) is 0.769. The van der Waals surface area contributed by atoms with Gasteiger partial charge in [0.25, 0.3) is 0 Å².